The van der Waals surface area contributed by atoms with Crippen molar-refractivity contribution in [2.24, 2.45) is 5.92 Å². The van der Waals surface area contributed by atoms with Crippen molar-refractivity contribution in [2.75, 3.05) is 19.8 Å². The first-order valence-electron chi connectivity index (χ1n) is 7.60. The molecule has 1 amide bonds. The van der Waals surface area contributed by atoms with Crippen LogP contribution in [0.3, 0.4) is 0 Å². The van der Waals surface area contributed by atoms with Gasteiger partial charge in [0.25, 0.3) is 0 Å². The van der Waals surface area contributed by atoms with Gasteiger partial charge in [0, 0.05) is 29.3 Å². The van der Waals surface area contributed by atoms with E-state index in [1.807, 2.05) is 11.6 Å². The Labute approximate surface area is 134 Å². The Bertz CT molecular complexity index is 643. The van der Waals surface area contributed by atoms with Crippen LogP contribution in [0.1, 0.15) is 17.8 Å². The topological polar surface area (TPSA) is 56.2 Å². The summed E-state index contributed by atoms with van der Waals surface area (Å²) in [6.07, 6.45) is 0.828. The highest BCUT2D eigenvalue weighted by Gasteiger charge is 2.23. The van der Waals surface area contributed by atoms with Crippen LogP contribution in [0.15, 0.2) is 17.5 Å². The van der Waals surface area contributed by atoms with Crippen molar-refractivity contribution in [1.29, 1.82) is 0 Å². The number of nitrogens with one attached hydrogen (secondary N) is 1. The van der Waals surface area contributed by atoms with E-state index in [1.54, 1.807) is 11.3 Å². The molecule has 3 heterocycles. The smallest absolute Gasteiger partial charge is 0.225 e. The van der Waals surface area contributed by atoms with Gasteiger partial charge in [-0.3, -0.25) is 9.48 Å². The Balaban J connectivity index is 1.61. The van der Waals surface area contributed by atoms with Gasteiger partial charge in [-0.15, -0.1) is 11.3 Å². The lowest BCUT2D eigenvalue weighted by Gasteiger charge is -2.10. The first-order chi connectivity index (χ1) is 10.7. The molecule has 5 nitrogen and oxygen atoms in total. The predicted molar refractivity (Wildman–Crippen MR) is 86.9 cm³/mol. The van der Waals surface area contributed by atoms with Crippen molar-refractivity contribution >= 4 is 17.2 Å². The minimum Gasteiger partial charge on any atom is -0.381 e. The van der Waals surface area contributed by atoms with Gasteiger partial charge < -0.3 is 10.1 Å². The summed E-state index contributed by atoms with van der Waals surface area (Å²) in [5.41, 5.74) is 3.40. The lowest BCUT2D eigenvalue weighted by molar-refractivity contribution is -0.124. The molecular formula is C16H21N3O2S. The molecule has 1 N–H and O–H groups in total. The summed E-state index contributed by atoms with van der Waals surface area (Å²) in [6, 6.07) is 4.17. The molecule has 118 valence electrons. The van der Waals surface area contributed by atoms with Gasteiger partial charge in [-0.2, -0.15) is 5.10 Å². The van der Waals surface area contributed by atoms with E-state index in [1.165, 1.54) is 10.4 Å². The number of rotatable bonds is 5. The summed E-state index contributed by atoms with van der Waals surface area (Å²) in [4.78, 5) is 13.2. The van der Waals surface area contributed by atoms with Gasteiger partial charge in [0.15, 0.2) is 0 Å². The van der Waals surface area contributed by atoms with E-state index >= 15 is 0 Å². The number of aromatic nitrogens is 2. The molecule has 0 spiro atoms. The van der Waals surface area contributed by atoms with Crippen LogP contribution < -0.4 is 5.32 Å². The molecule has 1 atom stereocenters. The van der Waals surface area contributed by atoms with Gasteiger partial charge in [0.05, 0.1) is 24.8 Å². The van der Waals surface area contributed by atoms with Crippen molar-refractivity contribution in [2.45, 2.75) is 26.8 Å². The molecule has 0 aliphatic carbocycles. The molecule has 3 rings (SSSR count). The molecule has 22 heavy (non-hydrogen) atoms. The molecule has 0 radical (unpaired) electrons. The minimum atomic E-state index is 0.0159. The van der Waals surface area contributed by atoms with Crippen molar-refractivity contribution in [3.63, 3.8) is 0 Å². The van der Waals surface area contributed by atoms with E-state index in [-0.39, 0.29) is 11.8 Å². The monoisotopic (exact) mass is 319 g/mol. The van der Waals surface area contributed by atoms with Crippen molar-refractivity contribution in [1.82, 2.24) is 15.1 Å². The SMILES string of the molecule is Cc1nn(CCNC(=O)C2CCOC2)c(C)c1-c1cccs1. The van der Waals surface area contributed by atoms with Gasteiger partial charge in [-0.05, 0) is 31.7 Å². The number of hydrogen-bond donors (Lipinski definition) is 1. The van der Waals surface area contributed by atoms with Gasteiger partial charge in [0.2, 0.25) is 5.91 Å². The van der Waals surface area contributed by atoms with Crippen LogP contribution in [-0.4, -0.2) is 35.4 Å². The van der Waals surface area contributed by atoms with Gasteiger partial charge in [-0.1, -0.05) is 6.07 Å². The highest BCUT2D eigenvalue weighted by molar-refractivity contribution is 7.13. The number of carbonyl (C=O) groups is 1. The molecule has 1 aliphatic heterocycles. The Morgan fingerprint density at radius 3 is 3.09 bits per heavy atom. The van der Waals surface area contributed by atoms with Crippen molar-refractivity contribution in [3.05, 3.63) is 28.9 Å². The van der Waals surface area contributed by atoms with Crippen molar-refractivity contribution < 1.29 is 9.53 Å². The Hall–Kier alpha value is -1.66. The molecule has 0 saturated carbocycles. The third-order valence-corrected chi connectivity index (χ3v) is 4.96. The summed E-state index contributed by atoms with van der Waals surface area (Å²) >= 11 is 1.73. The number of hydrogen-bond acceptors (Lipinski definition) is 4. The number of aryl methyl sites for hydroxylation is 1. The maximum absolute atomic E-state index is 12.0. The lowest BCUT2D eigenvalue weighted by Crippen LogP contribution is -2.33. The highest BCUT2D eigenvalue weighted by atomic mass is 32.1. The molecule has 1 fully saturated rings. The normalized spacial score (nSPS) is 17.8. The Morgan fingerprint density at radius 1 is 1.55 bits per heavy atom. The summed E-state index contributed by atoms with van der Waals surface area (Å²) < 4.78 is 7.23. The zero-order valence-corrected chi connectivity index (χ0v) is 13.8. The number of carbonyl (C=O) groups excluding carboxylic acids is 1. The fourth-order valence-electron chi connectivity index (χ4n) is 2.86. The van der Waals surface area contributed by atoms with Crippen LogP contribution >= 0.6 is 11.3 Å². The first kappa shape index (κ1) is 15.2. The first-order valence-corrected chi connectivity index (χ1v) is 8.48. The average molecular weight is 319 g/mol. The zero-order chi connectivity index (χ0) is 15.5. The number of ether oxygens (including phenoxy) is 1. The molecule has 1 unspecified atom stereocenters. The van der Waals surface area contributed by atoms with Crippen LogP contribution in [0.25, 0.3) is 10.4 Å². The highest BCUT2D eigenvalue weighted by Crippen LogP contribution is 2.30. The van der Waals surface area contributed by atoms with E-state index in [0.717, 1.165) is 17.8 Å². The second kappa shape index (κ2) is 6.62. The number of amides is 1. The van der Waals surface area contributed by atoms with Crippen LogP contribution in [0, 0.1) is 19.8 Å². The second-order valence-electron chi connectivity index (χ2n) is 5.60. The Morgan fingerprint density at radius 2 is 2.41 bits per heavy atom. The van der Waals surface area contributed by atoms with Crippen LogP contribution in [0.5, 0.6) is 0 Å². The number of nitrogens with zero attached hydrogens (tertiary/aromatic N) is 2. The minimum absolute atomic E-state index is 0.0159. The third-order valence-electron chi connectivity index (χ3n) is 4.07. The lowest BCUT2D eigenvalue weighted by atomic mass is 10.1. The third kappa shape index (κ3) is 3.08. The van der Waals surface area contributed by atoms with E-state index in [4.69, 9.17) is 4.74 Å². The van der Waals surface area contributed by atoms with Gasteiger partial charge >= 0.3 is 0 Å². The predicted octanol–water partition coefficient (Wildman–Crippen LogP) is 2.38. The van der Waals surface area contributed by atoms with Crippen LogP contribution in [0.4, 0.5) is 0 Å². The van der Waals surface area contributed by atoms with Gasteiger partial charge in [0.1, 0.15) is 0 Å². The molecule has 1 saturated heterocycles. The summed E-state index contributed by atoms with van der Waals surface area (Å²) in [5, 5.41) is 9.67. The van der Waals surface area contributed by atoms with Crippen LogP contribution in [0.2, 0.25) is 0 Å². The average Bonchev–Trinajstić information content (AvgIpc) is 3.22. The molecular weight excluding hydrogens is 298 g/mol. The second-order valence-corrected chi connectivity index (χ2v) is 6.55. The molecule has 0 bridgehead atoms. The van der Waals surface area contributed by atoms with Crippen molar-refractivity contribution in [3.8, 4) is 10.4 Å². The Kier molecular flexibility index (Phi) is 4.59. The van der Waals surface area contributed by atoms with E-state index in [2.05, 4.69) is 34.9 Å². The van der Waals surface area contributed by atoms with E-state index in [9.17, 15) is 4.79 Å². The molecule has 2 aromatic heterocycles. The fourth-order valence-corrected chi connectivity index (χ4v) is 3.74. The van der Waals surface area contributed by atoms with Gasteiger partial charge in [-0.25, -0.2) is 0 Å². The zero-order valence-electron chi connectivity index (χ0n) is 13.0. The molecule has 1 aliphatic rings. The summed E-state index contributed by atoms with van der Waals surface area (Å²) in [5.74, 6) is 0.111. The summed E-state index contributed by atoms with van der Waals surface area (Å²) in [7, 11) is 0. The fraction of sp³-hybridized carbons (Fsp3) is 0.500. The van der Waals surface area contributed by atoms with E-state index in [0.29, 0.717) is 26.3 Å². The summed E-state index contributed by atoms with van der Waals surface area (Å²) in [6.45, 7) is 6.65. The molecule has 0 aromatic carbocycles. The standard InChI is InChI=1S/C16H21N3O2S/c1-11-15(14-4-3-9-22-14)12(2)19(18-11)7-6-17-16(20)13-5-8-21-10-13/h3-4,9,13H,5-8,10H2,1-2H3,(H,17,20). The maximum Gasteiger partial charge on any atom is 0.225 e. The largest absolute Gasteiger partial charge is 0.381 e. The quantitative estimate of drug-likeness (QED) is 0.920. The molecule has 2 aromatic rings. The van der Waals surface area contributed by atoms with Crippen LogP contribution in [-0.2, 0) is 16.1 Å². The van der Waals surface area contributed by atoms with E-state index < -0.39 is 0 Å². The molecule has 6 heteroatoms. The number of thiophene rings is 1. The maximum atomic E-state index is 12.0.